The maximum absolute atomic E-state index is 13.0. The summed E-state index contributed by atoms with van der Waals surface area (Å²) in [5.41, 5.74) is 11.4. The van der Waals surface area contributed by atoms with Gasteiger partial charge in [-0.05, 0) is 68.2 Å². The van der Waals surface area contributed by atoms with Crippen LogP contribution in [0, 0.1) is 11.8 Å². The molecule has 0 aliphatic carbocycles. The SMILES string of the molecule is CCCCCc1cccc(C(=O)NNC(=O)C(C)CCCC(CCCC)C(=O)NNC(=O)c2cccc(CCCCC)c2O)c1O. The normalized spacial score (nSPS) is 12.2. The van der Waals surface area contributed by atoms with E-state index in [1.165, 1.54) is 12.1 Å². The molecule has 0 saturated carbocycles. The topological polar surface area (TPSA) is 157 Å². The molecule has 0 aliphatic heterocycles. The third kappa shape index (κ3) is 12.4. The van der Waals surface area contributed by atoms with Crippen molar-refractivity contribution in [3.8, 4) is 11.5 Å². The zero-order valence-electron chi connectivity index (χ0n) is 28.0. The summed E-state index contributed by atoms with van der Waals surface area (Å²) in [6.45, 7) is 7.98. The van der Waals surface area contributed by atoms with Crippen molar-refractivity contribution < 1.29 is 29.4 Å². The average Bonchev–Trinajstić information content (AvgIpc) is 3.05. The molecule has 2 rings (SSSR count). The molecule has 2 atom stereocenters. The van der Waals surface area contributed by atoms with Crippen LogP contribution in [0.25, 0.3) is 0 Å². The number of hydrazine groups is 2. The van der Waals surface area contributed by atoms with Crippen LogP contribution in [0.5, 0.6) is 11.5 Å². The highest BCUT2D eigenvalue weighted by atomic mass is 16.3. The number of aryl methyl sites for hydroxylation is 2. The van der Waals surface area contributed by atoms with Crippen molar-refractivity contribution in [3.05, 3.63) is 58.7 Å². The molecule has 2 unspecified atom stereocenters. The smallest absolute Gasteiger partial charge is 0.273 e. The monoisotopic (exact) mass is 638 g/mol. The van der Waals surface area contributed by atoms with Gasteiger partial charge in [-0.2, -0.15) is 0 Å². The fourth-order valence-electron chi connectivity index (χ4n) is 5.34. The van der Waals surface area contributed by atoms with Crippen molar-refractivity contribution in [1.82, 2.24) is 21.7 Å². The van der Waals surface area contributed by atoms with Gasteiger partial charge < -0.3 is 10.2 Å². The summed E-state index contributed by atoms with van der Waals surface area (Å²) in [7, 11) is 0. The molecule has 2 aromatic carbocycles. The molecular weight excluding hydrogens is 584 g/mol. The second-order valence-electron chi connectivity index (χ2n) is 12.1. The van der Waals surface area contributed by atoms with Gasteiger partial charge in [0.15, 0.2) is 0 Å². The van der Waals surface area contributed by atoms with Gasteiger partial charge in [0.2, 0.25) is 11.8 Å². The third-order valence-corrected chi connectivity index (χ3v) is 8.34. The molecule has 0 heterocycles. The lowest BCUT2D eigenvalue weighted by molar-refractivity contribution is -0.126. The van der Waals surface area contributed by atoms with Crippen LogP contribution in [0.4, 0.5) is 0 Å². The Kier molecular flexibility index (Phi) is 17.3. The number of phenols is 2. The number of aromatic hydroxyl groups is 2. The van der Waals surface area contributed by atoms with Crippen LogP contribution in [-0.2, 0) is 22.4 Å². The number of hydrogen-bond donors (Lipinski definition) is 6. The zero-order chi connectivity index (χ0) is 33.9. The molecule has 46 heavy (non-hydrogen) atoms. The molecule has 0 spiro atoms. The number of unbranched alkanes of at least 4 members (excludes halogenated alkanes) is 5. The highest BCUT2D eigenvalue weighted by Crippen LogP contribution is 2.26. The molecule has 0 fully saturated rings. The lowest BCUT2D eigenvalue weighted by atomic mass is 9.92. The van der Waals surface area contributed by atoms with Crippen molar-refractivity contribution in [3.63, 3.8) is 0 Å². The fraction of sp³-hybridized carbons (Fsp3) is 0.556. The second kappa shape index (κ2) is 20.9. The number of rotatable bonds is 19. The van der Waals surface area contributed by atoms with Gasteiger partial charge in [-0.3, -0.25) is 40.9 Å². The molecule has 0 saturated heterocycles. The Morgan fingerprint density at radius 1 is 0.587 bits per heavy atom. The zero-order valence-corrected chi connectivity index (χ0v) is 28.0. The van der Waals surface area contributed by atoms with E-state index in [2.05, 4.69) is 35.6 Å². The standard InChI is InChI=1S/C36H54N4O6/c1-5-8-11-18-26-20-14-23-29(31(26)41)35(45)39-37-33(43)25(4)16-13-22-28(17-10-7-3)34(44)38-40-36(46)30-24-15-21-27(32(30)42)19-12-9-6-2/h14-15,20-21,23-25,28,41-42H,5-13,16-19,22H2,1-4H3,(H,37,43)(H,38,44)(H,39,45)(H,40,46). The third-order valence-electron chi connectivity index (χ3n) is 8.34. The average molecular weight is 639 g/mol. The number of para-hydroxylation sites is 2. The largest absolute Gasteiger partial charge is 0.507 e. The molecule has 254 valence electrons. The quantitative estimate of drug-likeness (QED) is 0.0773. The number of phenolic OH excluding ortho intramolecular Hbond substituents is 2. The number of carbonyl (C=O) groups is 4. The lowest BCUT2D eigenvalue weighted by Crippen LogP contribution is -2.45. The van der Waals surface area contributed by atoms with Gasteiger partial charge in [0.25, 0.3) is 11.8 Å². The first-order chi connectivity index (χ1) is 22.1. The van der Waals surface area contributed by atoms with Gasteiger partial charge in [0, 0.05) is 11.8 Å². The van der Waals surface area contributed by atoms with Gasteiger partial charge in [0.05, 0.1) is 11.1 Å². The van der Waals surface area contributed by atoms with Gasteiger partial charge in [0.1, 0.15) is 11.5 Å². The summed E-state index contributed by atoms with van der Waals surface area (Å²) in [4.78, 5) is 51.2. The highest BCUT2D eigenvalue weighted by molar-refractivity contribution is 5.99. The summed E-state index contributed by atoms with van der Waals surface area (Å²) in [6.07, 6.45) is 11.3. The lowest BCUT2D eigenvalue weighted by Gasteiger charge is -2.19. The minimum atomic E-state index is -0.592. The Hall–Kier alpha value is -4.08. The summed E-state index contributed by atoms with van der Waals surface area (Å²) < 4.78 is 0. The van der Waals surface area contributed by atoms with E-state index in [9.17, 15) is 29.4 Å². The van der Waals surface area contributed by atoms with Gasteiger partial charge in [-0.15, -0.1) is 0 Å². The van der Waals surface area contributed by atoms with E-state index in [4.69, 9.17) is 0 Å². The highest BCUT2D eigenvalue weighted by Gasteiger charge is 2.22. The number of carbonyl (C=O) groups excluding carboxylic acids is 4. The molecule has 0 radical (unpaired) electrons. The van der Waals surface area contributed by atoms with E-state index < -0.39 is 17.7 Å². The van der Waals surface area contributed by atoms with Crippen LogP contribution in [0.1, 0.15) is 137 Å². The van der Waals surface area contributed by atoms with Crippen molar-refractivity contribution in [2.75, 3.05) is 0 Å². The van der Waals surface area contributed by atoms with Gasteiger partial charge in [-0.25, -0.2) is 0 Å². The number of hydrogen-bond acceptors (Lipinski definition) is 6. The number of nitrogens with one attached hydrogen (secondary N) is 4. The first-order valence-electron chi connectivity index (χ1n) is 17.0. The minimum Gasteiger partial charge on any atom is -0.507 e. The fourth-order valence-corrected chi connectivity index (χ4v) is 5.34. The van der Waals surface area contributed by atoms with Gasteiger partial charge >= 0.3 is 0 Å². The summed E-state index contributed by atoms with van der Waals surface area (Å²) in [5, 5.41) is 21.2. The molecule has 0 bridgehead atoms. The Labute approximate surface area is 274 Å². The van der Waals surface area contributed by atoms with E-state index in [1.807, 2.05) is 6.92 Å². The molecule has 6 N–H and O–H groups in total. The van der Waals surface area contributed by atoms with Crippen LogP contribution in [-0.4, -0.2) is 33.8 Å². The molecule has 10 heteroatoms. The summed E-state index contributed by atoms with van der Waals surface area (Å²) >= 11 is 0. The predicted octanol–water partition coefficient (Wildman–Crippen LogP) is 6.40. The molecule has 10 nitrogen and oxygen atoms in total. The Morgan fingerprint density at radius 2 is 1.04 bits per heavy atom. The summed E-state index contributed by atoms with van der Waals surface area (Å²) in [6, 6.07) is 10.1. The molecule has 0 aromatic heterocycles. The molecular formula is C36H54N4O6. The van der Waals surface area contributed by atoms with Crippen molar-refractivity contribution in [2.45, 2.75) is 118 Å². The molecule has 2 aromatic rings. The van der Waals surface area contributed by atoms with Crippen LogP contribution in [0.3, 0.4) is 0 Å². The van der Waals surface area contributed by atoms with Crippen LogP contribution in [0.2, 0.25) is 0 Å². The maximum Gasteiger partial charge on any atom is 0.273 e. The van der Waals surface area contributed by atoms with Crippen molar-refractivity contribution in [2.24, 2.45) is 11.8 Å². The maximum atomic E-state index is 13.0. The van der Waals surface area contributed by atoms with E-state index in [1.54, 1.807) is 31.2 Å². The minimum absolute atomic E-state index is 0.0657. The van der Waals surface area contributed by atoms with E-state index in [0.717, 1.165) is 51.4 Å². The summed E-state index contributed by atoms with van der Waals surface area (Å²) in [5.74, 6) is -2.80. The number of amides is 4. The number of benzene rings is 2. The first kappa shape index (κ1) is 38.1. The Bertz CT molecular complexity index is 1280. The van der Waals surface area contributed by atoms with E-state index in [-0.39, 0.29) is 40.4 Å². The second-order valence-corrected chi connectivity index (χ2v) is 12.1. The first-order valence-corrected chi connectivity index (χ1v) is 17.0. The van der Waals surface area contributed by atoms with Crippen LogP contribution >= 0.6 is 0 Å². The van der Waals surface area contributed by atoms with E-state index >= 15 is 0 Å². The van der Waals surface area contributed by atoms with Crippen LogP contribution < -0.4 is 21.7 Å². The molecule has 4 amide bonds. The van der Waals surface area contributed by atoms with E-state index in [0.29, 0.717) is 49.7 Å². The van der Waals surface area contributed by atoms with Crippen molar-refractivity contribution >= 4 is 23.6 Å². The van der Waals surface area contributed by atoms with Crippen LogP contribution in [0.15, 0.2) is 36.4 Å². The predicted molar refractivity (Wildman–Crippen MR) is 180 cm³/mol. The molecule has 0 aliphatic rings. The Morgan fingerprint density at radius 3 is 1.52 bits per heavy atom. The van der Waals surface area contributed by atoms with Crippen molar-refractivity contribution in [1.29, 1.82) is 0 Å². The van der Waals surface area contributed by atoms with Gasteiger partial charge in [-0.1, -0.05) is 96.9 Å². The Balaban J connectivity index is 1.85.